The first-order valence-corrected chi connectivity index (χ1v) is 8.64. The highest BCUT2D eigenvalue weighted by Crippen LogP contribution is 2.57. The number of carbonyl (C=O) groups excluding carboxylic acids is 1. The summed E-state index contributed by atoms with van der Waals surface area (Å²) in [7, 11) is 0. The van der Waals surface area contributed by atoms with Gasteiger partial charge in [0.1, 0.15) is 5.75 Å². The van der Waals surface area contributed by atoms with E-state index in [1.165, 1.54) is 43.4 Å². The number of thiophene rings is 1. The number of hydrogen-bond acceptors (Lipinski definition) is 3. The van der Waals surface area contributed by atoms with E-state index in [4.69, 9.17) is 0 Å². The predicted octanol–water partition coefficient (Wildman–Crippen LogP) is 5.45. The van der Waals surface area contributed by atoms with Crippen LogP contribution in [0.15, 0.2) is 18.2 Å². The van der Waals surface area contributed by atoms with E-state index in [2.05, 4.69) is 0 Å². The van der Waals surface area contributed by atoms with Crippen molar-refractivity contribution in [3.63, 3.8) is 0 Å². The largest absolute Gasteiger partial charge is 0.508 e. The summed E-state index contributed by atoms with van der Waals surface area (Å²) in [5.41, 5.74) is -1.07. The third-order valence-corrected chi connectivity index (χ3v) is 5.51. The molecule has 0 radical (unpaired) electrons. The van der Waals surface area contributed by atoms with Gasteiger partial charge >= 0.3 is 11.8 Å². The first-order valence-electron chi connectivity index (χ1n) is 7.82. The minimum absolute atomic E-state index is 0.0166. The number of rotatable bonds is 2. The van der Waals surface area contributed by atoms with Gasteiger partial charge in [0.2, 0.25) is 5.78 Å². The highest BCUT2D eigenvalue weighted by atomic mass is 32.1. The summed E-state index contributed by atoms with van der Waals surface area (Å²) in [5.74, 6) is -11.5. The van der Waals surface area contributed by atoms with E-state index in [9.17, 15) is 27.5 Å². The Morgan fingerprint density at radius 3 is 1.92 bits per heavy atom. The second-order valence-corrected chi connectivity index (χ2v) is 7.97. The Labute approximate surface area is 151 Å². The molecule has 0 aliphatic heterocycles. The van der Waals surface area contributed by atoms with E-state index >= 15 is 0 Å². The van der Waals surface area contributed by atoms with Gasteiger partial charge in [-0.2, -0.15) is 17.6 Å². The van der Waals surface area contributed by atoms with Crippen LogP contribution in [0.25, 0.3) is 11.1 Å². The summed E-state index contributed by atoms with van der Waals surface area (Å²) >= 11 is 1.20. The zero-order chi connectivity index (χ0) is 19.6. The van der Waals surface area contributed by atoms with Gasteiger partial charge in [-0.05, 0) is 68.1 Å². The van der Waals surface area contributed by atoms with Gasteiger partial charge in [-0.3, -0.25) is 4.79 Å². The number of ketones is 1. The van der Waals surface area contributed by atoms with Gasteiger partial charge in [0.25, 0.3) is 0 Å². The van der Waals surface area contributed by atoms with Crippen molar-refractivity contribution < 1.29 is 27.5 Å². The molecule has 1 aromatic carbocycles. The SMILES string of the molecule is Cc1cc(C2=C(c3c(C)cc(O)cc3C)C(=O)C(F)(F)C2(F)F)c(C)s1. The number of allylic oxidation sites excluding steroid dienone is 2. The summed E-state index contributed by atoms with van der Waals surface area (Å²) in [4.78, 5) is 13.5. The van der Waals surface area contributed by atoms with Crippen LogP contribution in [-0.2, 0) is 4.79 Å². The summed E-state index contributed by atoms with van der Waals surface area (Å²) in [6.07, 6.45) is 0. The Morgan fingerprint density at radius 2 is 1.46 bits per heavy atom. The Kier molecular flexibility index (Phi) is 4.07. The van der Waals surface area contributed by atoms with E-state index in [1.54, 1.807) is 13.8 Å². The van der Waals surface area contributed by atoms with Crippen molar-refractivity contribution in [1.82, 2.24) is 0 Å². The van der Waals surface area contributed by atoms with Gasteiger partial charge in [-0.25, -0.2) is 0 Å². The van der Waals surface area contributed by atoms with Gasteiger partial charge in [0.15, 0.2) is 0 Å². The molecular formula is C19H16F4O2S. The molecule has 0 saturated heterocycles. The molecule has 138 valence electrons. The molecule has 2 nitrogen and oxygen atoms in total. The Bertz CT molecular complexity index is 947. The molecule has 1 aromatic heterocycles. The number of aryl methyl sites for hydroxylation is 4. The number of phenolic OH excluding ortho intramolecular Hbond substituents is 1. The van der Waals surface area contributed by atoms with Crippen molar-refractivity contribution in [1.29, 1.82) is 0 Å². The van der Waals surface area contributed by atoms with Crippen LogP contribution in [0.4, 0.5) is 17.6 Å². The number of hydrogen-bond donors (Lipinski definition) is 1. The molecule has 0 unspecified atom stereocenters. The molecule has 0 bridgehead atoms. The third-order valence-electron chi connectivity index (χ3n) is 4.55. The predicted molar refractivity (Wildman–Crippen MR) is 93.1 cm³/mol. The summed E-state index contributed by atoms with van der Waals surface area (Å²) < 4.78 is 58.0. The smallest absolute Gasteiger partial charge is 0.376 e. The zero-order valence-corrected chi connectivity index (χ0v) is 15.3. The quantitative estimate of drug-likeness (QED) is 0.699. The van der Waals surface area contributed by atoms with E-state index in [0.717, 1.165) is 0 Å². The van der Waals surface area contributed by atoms with Crippen molar-refractivity contribution in [2.24, 2.45) is 0 Å². The molecule has 0 atom stereocenters. The maximum absolute atomic E-state index is 14.7. The summed E-state index contributed by atoms with van der Waals surface area (Å²) in [5, 5.41) is 9.67. The standard InChI is InChI=1S/C19H16F4O2S/c1-8-5-12(24)6-9(2)14(8)15-16(13-7-10(3)26-11(13)4)18(20,21)19(22,23)17(15)25/h5-7,24H,1-4H3. The normalized spacial score (nSPS) is 18.7. The van der Waals surface area contributed by atoms with Crippen LogP contribution in [0.1, 0.15) is 32.0 Å². The first kappa shape index (κ1) is 18.6. The van der Waals surface area contributed by atoms with Crippen LogP contribution in [0.3, 0.4) is 0 Å². The van der Waals surface area contributed by atoms with Gasteiger partial charge < -0.3 is 5.11 Å². The monoisotopic (exact) mass is 384 g/mol. The third kappa shape index (κ3) is 2.40. The van der Waals surface area contributed by atoms with Crippen LogP contribution < -0.4 is 0 Å². The van der Waals surface area contributed by atoms with Crippen LogP contribution in [0, 0.1) is 27.7 Å². The van der Waals surface area contributed by atoms with Crippen LogP contribution in [-0.4, -0.2) is 22.7 Å². The minimum Gasteiger partial charge on any atom is -0.508 e. The fourth-order valence-corrected chi connectivity index (χ4v) is 4.41. The average molecular weight is 384 g/mol. The number of alkyl halides is 4. The molecule has 1 N–H and O–H groups in total. The van der Waals surface area contributed by atoms with Crippen molar-refractivity contribution in [2.45, 2.75) is 39.5 Å². The molecule has 0 saturated carbocycles. The van der Waals surface area contributed by atoms with Gasteiger partial charge in [-0.1, -0.05) is 0 Å². The molecule has 1 aliphatic rings. The Morgan fingerprint density at radius 1 is 0.923 bits per heavy atom. The van der Waals surface area contributed by atoms with E-state index in [0.29, 0.717) is 9.75 Å². The molecule has 7 heteroatoms. The van der Waals surface area contributed by atoms with Crippen LogP contribution in [0.5, 0.6) is 5.75 Å². The molecule has 1 heterocycles. The number of aromatic hydroxyl groups is 1. The number of benzene rings is 1. The second kappa shape index (κ2) is 5.67. The van der Waals surface area contributed by atoms with Gasteiger partial charge in [0.05, 0.1) is 0 Å². The maximum Gasteiger partial charge on any atom is 0.376 e. The van der Waals surface area contributed by atoms with Crippen molar-refractivity contribution in [3.05, 3.63) is 50.2 Å². The fraction of sp³-hybridized carbons (Fsp3) is 0.316. The molecule has 1 aliphatic carbocycles. The van der Waals surface area contributed by atoms with Crippen molar-refractivity contribution >= 4 is 28.3 Å². The maximum atomic E-state index is 14.7. The summed E-state index contributed by atoms with van der Waals surface area (Å²) in [6.45, 7) is 6.22. The molecule has 26 heavy (non-hydrogen) atoms. The molecule has 0 amide bonds. The molecule has 0 fully saturated rings. The Balaban J connectivity index is 2.46. The number of phenols is 1. The number of Topliss-reactive ketones (excluding diaryl/α,β-unsaturated/α-hetero) is 1. The lowest BCUT2D eigenvalue weighted by atomic mass is 9.90. The molecular weight excluding hydrogens is 368 g/mol. The summed E-state index contributed by atoms with van der Waals surface area (Å²) in [6, 6.07) is 3.93. The zero-order valence-electron chi connectivity index (χ0n) is 14.5. The number of carbonyl (C=O) groups is 1. The van der Waals surface area contributed by atoms with E-state index < -0.39 is 28.8 Å². The highest BCUT2D eigenvalue weighted by molar-refractivity contribution is 7.12. The average Bonchev–Trinajstić information content (AvgIpc) is 2.87. The van der Waals surface area contributed by atoms with Crippen LogP contribution in [0.2, 0.25) is 0 Å². The van der Waals surface area contributed by atoms with E-state index in [1.807, 2.05) is 0 Å². The molecule has 3 rings (SSSR count). The van der Waals surface area contributed by atoms with Crippen molar-refractivity contribution in [3.8, 4) is 5.75 Å². The lowest BCUT2D eigenvalue weighted by Crippen LogP contribution is -2.42. The molecule has 2 aromatic rings. The Hall–Kier alpha value is -2.15. The first-order chi connectivity index (χ1) is 11.9. The van der Waals surface area contributed by atoms with Gasteiger partial charge in [0, 0.05) is 20.9 Å². The highest BCUT2D eigenvalue weighted by Gasteiger charge is 2.70. The minimum atomic E-state index is -4.82. The lowest BCUT2D eigenvalue weighted by Gasteiger charge is -2.20. The lowest BCUT2D eigenvalue weighted by molar-refractivity contribution is -0.175. The van der Waals surface area contributed by atoms with E-state index in [-0.39, 0.29) is 28.0 Å². The topological polar surface area (TPSA) is 37.3 Å². The van der Waals surface area contributed by atoms with Crippen LogP contribution >= 0.6 is 11.3 Å². The molecule has 0 spiro atoms. The fourth-order valence-electron chi connectivity index (χ4n) is 3.48. The van der Waals surface area contributed by atoms with Crippen molar-refractivity contribution in [2.75, 3.05) is 0 Å². The second-order valence-electron chi connectivity index (χ2n) is 6.51. The number of halogens is 4. The van der Waals surface area contributed by atoms with Gasteiger partial charge in [-0.15, -0.1) is 11.3 Å².